The van der Waals surface area contributed by atoms with E-state index < -0.39 is 0 Å². The highest BCUT2D eigenvalue weighted by molar-refractivity contribution is 5.96. The van der Waals surface area contributed by atoms with E-state index in [1.54, 1.807) is 6.41 Å². The van der Waals surface area contributed by atoms with Crippen molar-refractivity contribution in [2.45, 2.75) is 6.42 Å². The number of piperidine rings is 1. The minimum atomic E-state index is -0.0981. The zero-order valence-corrected chi connectivity index (χ0v) is 5.91. The summed E-state index contributed by atoms with van der Waals surface area (Å²) < 4.78 is 0. The second-order valence-corrected chi connectivity index (χ2v) is 2.34. The first-order valence-corrected chi connectivity index (χ1v) is 3.27. The molecule has 59 valence electrons. The third kappa shape index (κ3) is 1.58. The van der Waals surface area contributed by atoms with Gasteiger partial charge in [-0.3, -0.25) is 9.59 Å². The lowest BCUT2D eigenvalue weighted by Crippen LogP contribution is -2.34. The van der Waals surface area contributed by atoms with Gasteiger partial charge in [0.25, 0.3) is 0 Å². The molecule has 0 saturated carbocycles. The average Bonchev–Trinajstić information content (AvgIpc) is 2.05. The topological polar surface area (TPSA) is 57.6 Å². The Morgan fingerprint density at radius 2 is 2.36 bits per heavy atom. The number of hydrogen-bond donors (Lipinski definition) is 1. The van der Waals surface area contributed by atoms with Gasteiger partial charge in [0.05, 0.1) is 12.8 Å². The number of aliphatic hydroxyl groups is 1. The first kappa shape index (κ1) is 7.78. The number of carbonyl (C=O) groups excluding carboxylic acids is 2. The van der Waals surface area contributed by atoms with Crippen LogP contribution in [-0.4, -0.2) is 35.3 Å². The Morgan fingerprint density at radius 3 is 2.91 bits per heavy atom. The van der Waals surface area contributed by atoms with E-state index in [4.69, 9.17) is 5.11 Å². The second-order valence-electron chi connectivity index (χ2n) is 2.34. The fourth-order valence-corrected chi connectivity index (χ4v) is 0.961. The average molecular weight is 154 g/mol. The molecule has 1 saturated heterocycles. The van der Waals surface area contributed by atoms with Crippen LogP contribution in [0.2, 0.25) is 0 Å². The van der Waals surface area contributed by atoms with Crippen molar-refractivity contribution in [3.8, 4) is 0 Å². The summed E-state index contributed by atoms with van der Waals surface area (Å²) in [5.41, 5.74) is 0.277. The molecule has 4 heteroatoms. The fourth-order valence-electron chi connectivity index (χ4n) is 0.961. The summed E-state index contributed by atoms with van der Waals surface area (Å²) in [6.07, 6.45) is 2.70. The van der Waals surface area contributed by atoms with Gasteiger partial charge in [0, 0.05) is 18.5 Å². The smallest absolute Gasteiger partial charge is 0.312 e. The number of hydrogen-bond acceptors (Lipinski definition) is 3. The van der Waals surface area contributed by atoms with Gasteiger partial charge in [-0.15, -0.1) is 0 Å². The number of likely N-dealkylation sites (tertiary alicyclic amines) is 1. The highest BCUT2D eigenvalue weighted by atomic mass is 16.2. The highest BCUT2D eigenvalue weighted by Crippen LogP contribution is 2.08. The van der Waals surface area contributed by atoms with Crippen molar-refractivity contribution in [1.82, 2.24) is 4.90 Å². The first-order valence-electron chi connectivity index (χ1n) is 3.27. The van der Waals surface area contributed by atoms with Crippen LogP contribution in [0.15, 0.2) is 11.8 Å². The summed E-state index contributed by atoms with van der Waals surface area (Å²) in [6.45, 7) is 0.582. The molecule has 0 aliphatic carbocycles. The van der Waals surface area contributed by atoms with Crippen molar-refractivity contribution in [2.24, 2.45) is 0 Å². The Hall–Kier alpha value is -1.32. The maximum Gasteiger partial charge on any atom is 0.312 e. The highest BCUT2D eigenvalue weighted by Gasteiger charge is 2.20. The standard InChI is InChI=1S/C7H8NO3/c9-4-6-3-8(5-10)2-1-7(6)11/h4,9H,1-3H2/b6-4+. The molecule has 11 heavy (non-hydrogen) atoms. The van der Waals surface area contributed by atoms with Crippen LogP contribution in [0.4, 0.5) is 0 Å². The molecular weight excluding hydrogens is 146 g/mol. The van der Waals surface area contributed by atoms with E-state index in [2.05, 4.69) is 0 Å². The molecular formula is C7H8NO3. The number of amides is 1. The maximum absolute atomic E-state index is 10.9. The molecule has 1 radical (unpaired) electrons. The summed E-state index contributed by atoms with van der Waals surface area (Å²) in [4.78, 5) is 22.3. The van der Waals surface area contributed by atoms with Crippen LogP contribution < -0.4 is 0 Å². The van der Waals surface area contributed by atoms with Gasteiger partial charge >= 0.3 is 6.41 Å². The number of aliphatic hydroxyl groups excluding tert-OH is 1. The van der Waals surface area contributed by atoms with Crippen molar-refractivity contribution in [3.63, 3.8) is 0 Å². The molecule has 4 nitrogen and oxygen atoms in total. The van der Waals surface area contributed by atoms with E-state index >= 15 is 0 Å². The van der Waals surface area contributed by atoms with Gasteiger partial charge in [-0.1, -0.05) is 0 Å². The van der Waals surface area contributed by atoms with Crippen molar-refractivity contribution >= 4 is 12.2 Å². The lowest BCUT2D eigenvalue weighted by Gasteiger charge is -2.21. The van der Waals surface area contributed by atoms with E-state index in [1.165, 1.54) is 4.90 Å². The Bertz CT molecular complexity index is 210. The molecule has 1 aliphatic heterocycles. The van der Waals surface area contributed by atoms with Crippen LogP contribution in [0.1, 0.15) is 6.42 Å². The van der Waals surface area contributed by atoms with Crippen molar-refractivity contribution < 1.29 is 14.7 Å². The predicted molar refractivity (Wildman–Crippen MR) is 37.6 cm³/mol. The predicted octanol–water partition coefficient (Wildman–Crippen LogP) is -0.230. The summed E-state index contributed by atoms with van der Waals surface area (Å²) in [5, 5.41) is 8.54. The number of ketones is 1. The fraction of sp³-hybridized carbons (Fsp3) is 0.429. The summed E-state index contributed by atoms with van der Waals surface area (Å²) in [5.74, 6) is -0.0981. The van der Waals surface area contributed by atoms with Crippen molar-refractivity contribution in [3.05, 3.63) is 11.8 Å². The van der Waals surface area contributed by atoms with Gasteiger partial charge in [0.15, 0.2) is 5.78 Å². The molecule has 0 spiro atoms. The molecule has 0 bridgehead atoms. The zero-order chi connectivity index (χ0) is 8.27. The van der Waals surface area contributed by atoms with Gasteiger partial charge in [0.1, 0.15) is 0 Å². The van der Waals surface area contributed by atoms with Gasteiger partial charge in [-0.25, -0.2) is 0 Å². The van der Waals surface area contributed by atoms with Crippen LogP contribution in [0, 0.1) is 0 Å². The minimum absolute atomic E-state index is 0.0981. The van der Waals surface area contributed by atoms with Crippen molar-refractivity contribution in [1.29, 1.82) is 0 Å². The van der Waals surface area contributed by atoms with E-state index in [0.717, 1.165) is 6.26 Å². The molecule has 0 aromatic carbocycles. The summed E-state index contributed by atoms with van der Waals surface area (Å²) >= 11 is 0. The molecule has 1 amide bonds. The van der Waals surface area contributed by atoms with Crippen LogP contribution in [0.5, 0.6) is 0 Å². The molecule has 1 fully saturated rings. The molecule has 1 N–H and O–H groups in total. The van der Waals surface area contributed by atoms with Crippen LogP contribution in [0.3, 0.4) is 0 Å². The largest absolute Gasteiger partial charge is 0.515 e. The maximum atomic E-state index is 10.9. The summed E-state index contributed by atoms with van der Waals surface area (Å²) in [7, 11) is 0. The normalized spacial score (nSPS) is 22.4. The molecule has 0 unspecified atom stereocenters. The van der Waals surface area contributed by atoms with Gasteiger partial charge < -0.3 is 10.0 Å². The molecule has 1 rings (SSSR count). The number of carbonyl (C=O) groups is 1. The Morgan fingerprint density at radius 1 is 1.64 bits per heavy atom. The zero-order valence-electron chi connectivity index (χ0n) is 5.91. The Labute approximate surface area is 64.1 Å². The Kier molecular flexibility index (Phi) is 2.25. The van der Waals surface area contributed by atoms with E-state index in [1.807, 2.05) is 0 Å². The van der Waals surface area contributed by atoms with E-state index in [-0.39, 0.29) is 24.3 Å². The quantitative estimate of drug-likeness (QED) is 0.419. The second kappa shape index (κ2) is 3.18. The van der Waals surface area contributed by atoms with Crippen LogP contribution in [0.25, 0.3) is 0 Å². The van der Waals surface area contributed by atoms with E-state index in [0.29, 0.717) is 6.54 Å². The van der Waals surface area contributed by atoms with Gasteiger partial charge in [-0.2, -0.15) is 0 Å². The minimum Gasteiger partial charge on any atom is -0.515 e. The third-order valence-corrected chi connectivity index (χ3v) is 1.61. The van der Waals surface area contributed by atoms with Gasteiger partial charge in [-0.05, 0) is 0 Å². The van der Waals surface area contributed by atoms with Gasteiger partial charge in [0.2, 0.25) is 0 Å². The lowest BCUT2D eigenvalue weighted by atomic mass is 10.1. The number of nitrogens with zero attached hydrogens (tertiary/aromatic N) is 1. The third-order valence-electron chi connectivity index (χ3n) is 1.61. The van der Waals surface area contributed by atoms with Crippen molar-refractivity contribution in [2.75, 3.05) is 13.1 Å². The first-order chi connectivity index (χ1) is 5.27. The van der Waals surface area contributed by atoms with E-state index in [9.17, 15) is 9.59 Å². The molecule has 1 aliphatic rings. The summed E-state index contributed by atoms with van der Waals surface area (Å²) in [6, 6.07) is 0. The molecule has 1 heterocycles. The van der Waals surface area contributed by atoms with Crippen LogP contribution in [-0.2, 0) is 9.59 Å². The number of rotatable bonds is 1. The van der Waals surface area contributed by atoms with Crippen LogP contribution >= 0.6 is 0 Å². The molecule has 0 aromatic rings. The lowest BCUT2D eigenvalue weighted by molar-refractivity contribution is -0.116. The number of Topliss-reactive ketones (excluding diaryl/α,β-unsaturated/α-hetero) is 1. The monoisotopic (exact) mass is 154 g/mol. The Balaban J connectivity index is 2.65. The SMILES string of the molecule is O=[C]N1CCC(=O)/C(=C/O)C1. The molecule has 0 aromatic heterocycles. The molecule has 0 atom stereocenters.